The number of nitriles is 2. The quantitative estimate of drug-likeness (QED) is 0.772. The second-order valence-electron chi connectivity index (χ2n) is 2.68. The normalized spacial score (nSPS) is 9.38. The lowest BCUT2D eigenvalue weighted by Crippen LogP contribution is -1.98. The summed E-state index contributed by atoms with van der Waals surface area (Å²) in [7, 11) is 0. The minimum Gasteiger partial charge on any atom is -0.491 e. The molecule has 1 aromatic carbocycles. The number of hydrogen-bond donors (Lipinski definition) is 0. The minimum atomic E-state index is -0.0390. The molecule has 0 aliphatic heterocycles. The van der Waals surface area contributed by atoms with Crippen molar-refractivity contribution in [2.24, 2.45) is 0 Å². The predicted octanol–water partition coefficient (Wildman–Crippen LogP) is 3.79. The molecule has 6 heteroatoms. The summed E-state index contributed by atoms with van der Waals surface area (Å²) in [6, 6.07) is 3.63. The number of nitrogens with zero attached hydrogens (tertiary/aromatic N) is 2. The SMILES string of the molecule is CCOc1c(Cl)c(Cl)c(C#N)c(Cl)c1C#N. The second-order valence-corrected chi connectivity index (χ2v) is 3.81. The first kappa shape index (κ1) is 12.9. The molecule has 0 unspecified atom stereocenters. The van der Waals surface area contributed by atoms with Gasteiger partial charge in [-0.15, -0.1) is 0 Å². The first-order chi connectivity index (χ1) is 7.58. The van der Waals surface area contributed by atoms with Gasteiger partial charge in [0.1, 0.15) is 22.7 Å². The van der Waals surface area contributed by atoms with Crippen molar-refractivity contribution in [1.29, 1.82) is 10.5 Å². The molecule has 0 spiro atoms. The van der Waals surface area contributed by atoms with E-state index in [4.69, 9.17) is 50.1 Å². The Morgan fingerprint density at radius 3 is 2.00 bits per heavy atom. The van der Waals surface area contributed by atoms with Crippen molar-refractivity contribution in [2.45, 2.75) is 6.92 Å². The summed E-state index contributed by atoms with van der Waals surface area (Å²) < 4.78 is 5.19. The summed E-state index contributed by atoms with van der Waals surface area (Å²) in [5.74, 6) is 0.112. The summed E-state index contributed by atoms with van der Waals surface area (Å²) in [4.78, 5) is 0. The van der Waals surface area contributed by atoms with Gasteiger partial charge in [0.05, 0.1) is 22.2 Å². The Morgan fingerprint density at radius 2 is 1.56 bits per heavy atom. The van der Waals surface area contributed by atoms with Crippen molar-refractivity contribution in [3.63, 3.8) is 0 Å². The van der Waals surface area contributed by atoms with Crippen LogP contribution in [0.4, 0.5) is 0 Å². The van der Waals surface area contributed by atoms with Gasteiger partial charge < -0.3 is 4.74 Å². The zero-order chi connectivity index (χ0) is 12.3. The maximum absolute atomic E-state index is 8.94. The summed E-state index contributed by atoms with van der Waals surface area (Å²) in [6.45, 7) is 2.05. The van der Waals surface area contributed by atoms with Crippen LogP contribution in [-0.4, -0.2) is 6.61 Å². The van der Waals surface area contributed by atoms with Crippen molar-refractivity contribution in [3.8, 4) is 17.9 Å². The highest BCUT2D eigenvalue weighted by molar-refractivity contribution is 6.45. The van der Waals surface area contributed by atoms with Gasteiger partial charge in [0.15, 0.2) is 5.75 Å². The van der Waals surface area contributed by atoms with E-state index in [9.17, 15) is 0 Å². The lowest BCUT2D eigenvalue weighted by Gasteiger charge is -2.11. The number of ether oxygens (including phenoxy) is 1. The van der Waals surface area contributed by atoms with Crippen LogP contribution in [-0.2, 0) is 0 Å². The smallest absolute Gasteiger partial charge is 0.158 e. The molecule has 3 nitrogen and oxygen atoms in total. The van der Waals surface area contributed by atoms with Gasteiger partial charge in [0, 0.05) is 0 Å². The zero-order valence-corrected chi connectivity index (χ0v) is 10.4. The highest BCUT2D eigenvalue weighted by Crippen LogP contribution is 2.42. The van der Waals surface area contributed by atoms with E-state index in [1.54, 1.807) is 13.0 Å². The molecule has 0 saturated carbocycles. The van der Waals surface area contributed by atoms with Crippen LogP contribution >= 0.6 is 34.8 Å². The average Bonchev–Trinajstić information content (AvgIpc) is 2.27. The van der Waals surface area contributed by atoms with E-state index in [1.165, 1.54) is 0 Å². The maximum Gasteiger partial charge on any atom is 0.158 e. The van der Waals surface area contributed by atoms with E-state index in [1.807, 2.05) is 6.07 Å². The Bertz CT molecular complexity index is 515. The molecule has 1 aromatic rings. The highest BCUT2D eigenvalue weighted by atomic mass is 35.5. The van der Waals surface area contributed by atoms with E-state index < -0.39 is 0 Å². The van der Waals surface area contributed by atoms with Crippen LogP contribution < -0.4 is 4.74 Å². The molecule has 0 saturated heterocycles. The van der Waals surface area contributed by atoms with E-state index in [0.717, 1.165) is 0 Å². The fourth-order valence-corrected chi connectivity index (χ4v) is 1.90. The maximum atomic E-state index is 8.94. The second kappa shape index (κ2) is 5.27. The Morgan fingerprint density at radius 1 is 1.00 bits per heavy atom. The monoisotopic (exact) mass is 274 g/mol. The van der Waals surface area contributed by atoms with Gasteiger partial charge in [0.25, 0.3) is 0 Å². The van der Waals surface area contributed by atoms with Crippen LogP contribution in [0.1, 0.15) is 18.1 Å². The molecule has 82 valence electrons. The van der Waals surface area contributed by atoms with Crippen LogP contribution in [0.25, 0.3) is 0 Å². The van der Waals surface area contributed by atoms with Crippen molar-refractivity contribution >= 4 is 34.8 Å². The lowest BCUT2D eigenvalue weighted by atomic mass is 10.1. The standard InChI is InChI=1S/C10H5Cl3N2O/c1-2-16-10-6(4-15)7(11)5(3-14)8(12)9(10)13/h2H2,1H3. The third-order valence-electron chi connectivity index (χ3n) is 1.79. The van der Waals surface area contributed by atoms with E-state index in [-0.39, 0.29) is 31.9 Å². The van der Waals surface area contributed by atoms with Crippen LogP contribution in [0.3, 0.4) is 0 Å². The Hall–Kier alpha value is -1.13. The van der Waals surface area contributed by atoms with Crippen LogP contribution in [0.5, 0.6) is 5.75 Å². The fraction of sp³-hybridized carbons (Fsp3) is 0.200. The van der Waals surface area contributed by atoms with Gasteiger partial charge in [-0.05, 0) is 6.92 Å². The van der Waals surface area contributed by atoms with Crippen molar-refractivity contribution in [1.82, 2.24) is 0 Å². The molecule has 0 N–H and O–H groups in total. The molecule has 0 aliphatic rings. The van der Waals surface area contributed by atoms with Crippen molar-refractivity contribution < 1.29 is 4.74 Å². The van der Waals surface area contributed by atoms with Gasteiger partial charge in [-0.3, -0.25) is 0 Å². The summed E-state index contributed by atoms with van der Waals surface area (Å²) in [5.41, 5.74) is 0.00260. The topological polar surface area (TPSA) is 56.8 Å². The largest absolute Gasteiger partial charge is 0.491 e. The van der Waals surface area contributed by atoms with Gasteiger partial charge in [0.2, 0.25) is 0 Å². The Labute approximate surface area is 108 Å². The predicted molar refractivity (Wildman–Crippen MR) is 62.1 cm³/mol. The fourth-order valence-electron chi connectivity index (χ4n) is 1.12. The third-order valence-corrected chi connectivity index (χ3v) is 3.00. The molecular formula is C10H5Cl3N2O. The van der Waals surface area contributed by atoms with Gasteiger partial charge in [-0.1, -0.05) is 34.8 Å². The molecule has 0 radical (unpaired) electrons. The number of halogens is 3. The van der Waals surface area contributed by atoms with E-state index in [2.05, 4.69) is 0 Å². The average molecular weight is 276 g/mol. The molecule has 1 rings (SSSR count). The van der Waals surface area contributed by atoms with E-state index >= 15 is 0 Å². The first-order valence-electron chi connectivity index (χ1n) is 4.21. The van der Waals surface area contributed by atoms with Crippen molar-refractivity contribution in [2.75, 3.05) is 6.61 Å². The minimum absolute atomic E-state index is 0.00313. The summed E-state index contributed by atoms with van der Waals surface area (Å²) >= 11 is 17.6. The number of benzene rings is 1. The molecule has 0 atom stereocenters. The third kappa shape index (κ3) is 2.03. The molecule has 0 fully saturated rings. The molecule has 0 bridgehead atoms. The van der Waals surface area contributed by atoms with Gasteiger partial charge >= 0.3 is 0 Å². The molecule has 0 amide bonds. The number of rotatable bonds is 2. The molecular weight excluding hydrogens is 270 g/mol. The summed E-state index contributed by atoms with van der Waals surface area (Å²) in [6.07, 6.45) is 0. The Kier molecular flexibility index (Phi) is 4.26. The molecule has 0 heterocycles. The van der Waals surface area contributed by atoms with Crippen LogP contribution in [0.2, 0.25) is 15.1 Å². The molecule has 16 heavy (non-hydrogen) atoms. The molecule has 0 aliphatic carbocycles. The Balaban J connectivity index is 3.66. The number of hydrogen-bond acceptors (Lipinski definition) is 3. The van der Waals surface area contributed by atoms with Gasteiger partial charge in [-0.2, -0.15) is 10.5 Å². The van der Waals surface area contributed by atoms with Gasteiger partial charge in [-0.25, -0.2) is 0 Å². The van der Waals surface area contributed by atoms with Crippen molar-refractivity contribution in [3.05, 3.63) is 26.2 Å². The highest BCUT2D eigenvalue weighted by Gasteiger charge is 2.22. The summed E-state index contributed by atoms with van der Waals surface area (Å²) in [5, 5.41) is 17.8. The molecule has 0 aromatic heterocycles. The van der Waals surface area contributed by atoms with Crippen LogP contribution in [0, 0.1) is 22.7 Å². The first-order valence-corrected chi connectivity index (χ1v) is 5.35. The zero-order valence-electron chi connectivity index (χ0n) is 8.14. The van der Waals surface area contributed by atoms with Crippen LogP contribution in [0.15, 0.2) is 0 Å². The van der Waals surface area contributed by atoms with E-state index in [0.29, 0.717) is 6.61 Å². The lowest BCUT2D eigenvalue weighted by molar-refractivity contribution is 0.339.